The highest BCUT2D eigenvalue weighted by molar-refractivity contribution is 5.78. The summed E-state index contributed by atoms with van der Waals surface area (Å²) in [5.74, 6) is 7.06. The zero-order valence-corrected chi connectivity index (χ0v) is 14.9. The average molecular weight is 349 g/mol. The fourth-order valence-electron chi connectivity index (χ4n) is 4.19. The van der Waals surface area contributed by atoms with Gasteiger partial charge >= 0.3 is 0 Å². The molecule has 2 heterocycles. The van der Waals surface area contributed by atoms with E-state index in [-0.39, 0.29) is 5.82 Å². The lowest BCUT2D eigenvalue weighted by Gasteiger charge is -2.40. The Hall–Kier alpha value is -1.57. The lowest BCUT2D eigenvalue weighted by atomic mass is 9.96. The number of fused-ring (bicyclic) bond motifs is 1. The molecule has 7 heteroatoms. The van der Waals surface area contributed by atoms with Crippen molar-refractivity contribution in [1.29, 1.82) is 0 Å². The smallest absolute Gasteiger partial charge is 0.168 e. The maximum Gasteiger partial charge on any atom is 0.168 e. The van der Waals surface area contributed by atoms with Crippen molar-refractivity contribution in [2.75, 3.05) is 43.2 Å². The van der Waals surface area contributed by atoms with Gasteiger partial charge in [0.15, 0.2) is 11.6 Å². The zero-order valence-electron chi connectivity index (χ0n) is 14.9. The van der Waals surface area contributed by atoms with Gasteiger partial charge in [-0.05, 0) is 49.8 Å². The van der Waals surface area contributed by atoms with Gasteiger partial charge in [0.05, 0.1) is 19.5 Å². The third kappa shape index (κ3) is 3.05. The van der Waals surface area contributed by atoms with E-state index in [1.54, 1.807) is 18.2 Å². The lowest BCUT2D eigenvalue weighted by molar-refractivity contribution is 0.255. The summed E-state index contributed by atoms with van der Waals surface area (Å²) in [4.78, 5) is 4.41. The van der Waals surface area contributed by atoms with Crippen molar-refractivity contribution in [3.8, 4) is 5.75 Å². The SMILES string of the molecule is COc1c(N2CCC(CN)CC2)c(F)cc2c1N(C1CC1)CN(N)C2. The number of rotatable bonds is 4. The fraction of sp³-hybridized carbons (Fsp3) is 0.667. The number of halogens is 1. The van der Waals surface area contributed by atoms with E-state index in [1.807, 2.05) is 0 Å². The molecular weight excluding hydrogens is 321 g/mol. The highest BCUT2D eigenvalue weighted by atomic mass is 19.1. The predicted octanol–water partition coefficient (Wildman–Crippen LogP) is 1.62. The molecule has 138 valence electrons. The number of hydrogen-bond acceptors (Lipinski definition) is 6. The third-order valence-corrected chi connectivity index (χ3v) is 5.71. The minimum atomic E-state index is -0.215. The third-order valence-electron chi connectivity index (χ3n) is 5.71. The van der Waals surface area contributed by atoms with Crippen molar-refractivity contribution in [1.82, 2.24) is 5.01 Å². The minimum Gasteiger partial charge on any atom is -0.492 e. The maximum atomic E-state index is 15.0. The second kappa shape index (κ2) is 6.63. The molecule has 4 N–H and O–H groups in total. The molecule has 1 saturated carbocycles. The largest absolute Gasteiger partial charge is 0.492 e. The van der Waals surface area contributed by atoms with E-state index < -0.39 is 0 Å². The first kappa shape index (κ1) is 16.9. The van der Waals surface area contributed by atoms with Crippen LogP contribution in [0.15, 0.2) is 6.07 Å². The molecule has 3 aliphatic rings. The monoisotopic (exact) mass is 349 g/mol. The Labute approximate surface area is 148 Å². The van der Waals surface area contributed by atoms with Crippen LogP contribution in [0.1, 0.15) is 31.2 Å². The standard InChI is InChI=1S/C18H28FN5O/c1-25-18-16-13(10-23(21)11-24(16)14-2-3-14)8-15(19)17(18)22-6-4-12(9-20)5-7-22/h8,12,14H,2-7,9-11,20-21H2,1H3. The van der Waals surface area contributed by atoms with Crippen molar-refractivity contribution in [3.63, 3.8) is 0 Å². The number of hydrazine groups is 1. The molecule has 0 amide bonds. The van der Waals surface area contributed by atoms with Crippen LogP contribution in [0.3, 0.4) is 0 Å². The Morgan fingerprint density at radius 1 is 1.20 bits per heavy atom. The first-order valence-electron chi connectivity index (χ1n) is 9.23. The van der Waals surface area contributed by atoms with Gasteiger partial charge in [-0.25, -0.2) is 9.40 Å². The number of nitrogens with two attached hydrogens (primary N) is 2. The maximum absolute atomic E-state index is 15.0. The summed E-state index contributed by atoms with van der Waals surface area (Å²) in [6.45, 7) is 3.55. The van der Waals surface area contributed by atoms with Gasteiger partial charge in [0.25, 0.3) is 0 Å². The second-order valence-corrected chi connectivity index (χ2v) is 7.50. The Morgan fingerprint density at radius 3 is 2.52 bits per heavy atom. The summed E-state index contributed by atoms with van der Waals surface area (Å²) >= 11 is 0. The van der Waals surface area contributed by atoms with E-state index in [0.717, 1.165) is 50.0 Å². The summed E-state index contributed by atoms with van der Waals surface area (Å²) in [5, 5.41) is 1.74. The van der Waals surface area contributed by atoms with Crippen molar-refractivity contribution in [2.45, 2.75) is 38.3 Å². The van der Waals surface area contributed by atoms with Gasteiger partial charge in [-0.15, -0.1) is 0 Å². The number of ether oxygens (including phenoxy) is 1. The molecule has 1 aromatic carbocycles. The van der Waals surface area contributed by atoms with E-state index in [2.05, 4.69) is 9.80 Å². The number of piperidine rings is 1. The molecule has 0 radical (unpaired) electrons. The highest BCUT2D eigenvalue weighted by Crippen LogP contribution is 2.48. The van der Waals surface area contributed by atoms with Gasteiger partial charge in [-0.2, -0.15) is 0 Å². The Kier molecular flexibility index (Phi) is 4.47. The number of methoxy groups -OCH3 is 1. The minimum absolute atomic E-state index is 0.215. The first-order chi connectivity index (χ1) is 12.1. The zero-order chi connectivity index (χ0) is 17.6. The summed E-state index contributed by atoms with van der Waals surface area (Å²) in [7, 11) is 1.64. The van der Waals surface area contributed by atoms with E-state index in [9.17, 15) is 0 Å². The van der Waals surface area contributed by atoms with E-state index in [0.29, 0.717) is 43.2 Å². The van der Waals surface area contributed by atoms with Crippen LogP contribution in [-0.2, 0) is 6.54 Å². The van der Waals surface area contributed by atoms with Crippen LogP contribution in [0.4, 0.5) is 15.8 Å². The van der Waals surface area contributed by atoms with E-state index >= 15 is 4.39 Å². The highest BCUT2D eigenvalue weighted by Gasteiger charge is 2.38. The molecule has 0 unspecified atom stereocenters. The van der Waals surface area contributed by atoms with Gasteiger partial charge in [0, 0.05) is 25.7 Å². The quantitative estimate of drug-likeness (QED) is 0.805. The van der Waals surface area contributed by atoms with Crippen LogP contribution in [0.25, 0.3) is 0 Å². The Morgan fingerprint density at radius 2 is 1.92 bits per heavy atom. The van der Waals surface area contributed by atoms with Crippen molar-refractivity contribution < 1.29 is 9.13 Å². The number of benzene rings is 1. The van der Waals surface area contributed by atoms with Gasteiger partial charge in [0.1, 0.15) is 5.69 Å². The number of nitrogens with zero attached hydrogens (tertiary/aromatic N) is 3. The van der Waals surface area contributed by atoms with Crippen LogP contribution in [0, 0.1) is 11.7 Å². The van der Waals surface area contributed by atoms with Crippen molar-refractivity contribution in [2.24, 2.45) is 17.5 Å². The lowest BCUT2D eigenvalue weighted by Crippen LogP contribution is -2.47. The van der Waals surface area contributed by atoms with Gasteiger partial charge in [-0.3, -0.25) is 5.84 Å². The Balaban J connectivity index is 1.74. The summed E-state index contributed by atoms with van der Waals surface area (Å²) in [6, 6.07) is 2.14. The molecule has 4 rings (SSSR count). The van der Waals surface area contributed by atoms with Crippen LogP contribution in [-0.4, -0.2) is 44.5 Å². The van der Waals surface area contributed by atoms with Crippen LogP contribution in [0.2, 0.25) is 0 Å². The molecule has 25 heavy (non-hydrogen) atoms. The van der Waals surface area contributed by atoms with Crippen molar-refractivity contribution in [3.05, 3.63) is 17.4 Å². The topological polar surface area (TPSA) is 71.0 Å². The summed E-state index contributed by atoms with van der Waals surface area (Å²) in [6.07, 6.45) is 4.31. The molecule has 1 saturated heterocycles. The molecule has 6 nitrogen and oxygen atoms in total. The molecular formula is C18H28FN5O. The first-order valence-corrected chi connectivity index (χ1v) is 9.23. The summed E-state index contributed by atoms with van der Waals surface area (Å²) in [5.41, 5.74) is 8.34. The molecule has 1 aromatic rings. The predicted molar refractivity (Wildman–Crippen MR) is 97.0 cm³/mol. The second-order valence-electron chi connectivity index (χ2n) is 7.50. The molecule has 0 atom stereocenters. The molecule has 0 spiro atoms. The van der Waals surface area contributed by atoms with Crippen LogP contribution < -0.4 is 26.1 Å². The molecule has 2 aliphatic heterocycles. The average Bonchev–Trinajstić information content (AvgIpc) is 3.45. The molecule has 0 bridgehead atoms. The normalized spacial score (nSPS) is 22.2. The summed E-state index contributed by atoms with van der Waals surface area (Å²) < 4.78 is 20.8. The van der Waals surface area contributed by atoms with Crippen LogP contribution in [0.5, 0.6) is 5.75 Å². The van der Waals surface area contributed by atoms with Crippen molar-refractivity contribution >= 4 is 11.4 Å². The van der Waals surface area contributed by atoms with Crippen LogP contribution >= 0.6 is 0 Å². The number of anilines is 2. The fourth-order valence-corrected chi connectivity index (χ4v) is 4.19. The van der Waals surface area contributed by atoms with E-state index in [1.165, 1.54) is 0 Å². The Bertz CT molecular complexity index is 643. The number of hydrogen-bond donors (Lipinski definition) is 2. The van der Waals surface area contributed by atoms with E-state index in [4.69, 9.17) is 16.3 Å². The molecule has 0 aromatic heterocycles. The van der Waals surface area contributed by atoms with Gasteiger partial charge < -0.3 is 20.3 Å². The molecule has 1 aliphatic carbocycles. The van der Waals surface area contributed by atoms with Gasteiger partial charge in [0.2, 0.25) is 0 Å². The van der Waals surface area contributed by atoms with Gasteiger partial charge in [-0.1, -0.05) is 0 Å². The molecule has 2 fully saturated rings.